The lowest BCUT2D eigenvalue weighted by atomic mass is 9.74. The predicted octanol–water partition coefficient (Wildman–Crippen LogP) is 4.20. The number of nitrogens with zero attached hydrogens (tertiary/aromatic N) is 1. The van der Waals surface area contributed by atoms with E-state index in [1.165, 1.54) is 6.20 Å². The molecule has 0 aliphatic heterocycles. The Morgan fingerprint density at radius 3 is 2.37 bits per heavy atom. The summed E-state index contributed by atoms with van der Waals surface area (Å²) in [5.41, 5.74) is -1.12. The highest BCUT2D eigenvalue weighted by Crippen LogP contribution is 2.45. The van der Waals surface area contributed by atoms with Gasteiger partial charge >= 0.3 is 6.18 Å². The normalized spacial score (nSPS) is 28.9. The van der Waals surface area contributed by atoms with E-state index in [-0.39, 0.29) is 0 Å². The molecule has 0 spiro atoms. The van der Waals surface area contributed by atoms with E-state index < -0.39 is 16.8 Å². The molecule has 1 saturated carbocycles. The highest BCUT2D eigenvalue weighted by Gasteiger charge is 2.40. The maximum atomic E-state index is 12.5. The zero-order valence-electron chi connectivity index (χ0n) is 11.0. The van der Waals surface area contributed by atoms with Crippen molar-refractivity contribution in [1.29, 1.82) is 0 Å². The number of alkyl halides is 3. The molecule has 1 heterocycles. The van der Waals surface area contributed by atoms with Crippen LogP contribution in [-0.4, -0.2) is 10.1 Å². The summed E-state index contributed by atoms with van der Waals surface area (Å²) in [4.78, 5) is 3.74. The van der Waals surface area contributed by atoms with Crippen molar-refractivity contribution in [2.24, 2.45) is 11.8 Å². The van der Waals surface area contributed by atoms with Crippen molar-refractivity contribution in [2.75, 3.05) is 0 Å². The second-order valence-electron chi connectivity index (χ2n) is 5.64. The van der Waals surface area contributed by atoms with Crippen LogP contribution in [-0.2, 0) is 11.8 Å². The zero-order valence-corrected chi connectivity index (χ0v) is 11.8. The molecular weight excluding hydrogens is 275 g/mol. The van der Waals surface area contributed by atoms with Gasteiger partial charge < -0.3 is 5.11 Å². The fraction of sp³-hybridized carbons (Fsp3) is 0.769. The molecule has 108 valence electrons. The fourth-order valence-corrected chi connectivity index (χ4v) is 3.58. The van der Waals surface area contributed by atoms with E-state index in [0.29, 0.717) is 40.9 Å². The summed E-state index contributed by atoms with van der Waals surface area (Å²) in [5.74, 6) is 1.10. The molecule has 0 saturated heterocycles. The van der Waals surface area contributed by atoms with E-state index in [1.807, 2.05) is 0 Å². The highest BCUT2D eigenvalue weighted by atomic mass is 32.1. The number of hydrogen-bond donors (Lipinski definition) is 1. The van der Waals surface area contributed by atoms with Crippen molar-refractivity contribution in [3.05, 3.63) is 16.1 Å². The third-order valence-electron chi connectivity index (χ3n) is 4.01. The first kappa shape index (κ1) is 14.8. The fourth-order valence-electron chi connectivity index (χ4n) is 2.65. The average molecular weight is 293 g/mol. The van der Waals surface area contributed by atoms with Gasteiger partial charge in [-0.1, -0.05) is 13.8 Å². The number of aromatic nitrogens is 1. The minimum atomic E-state index is -4.42. The van der Waals surface area contributed by atoms with Gasteiger partial charge in [0.2, 0.25) is 0 Å². The number of rotatable bonds is 2. The van der Waals surface area contributed by atoms with Crippen molar-refractivity contribution in [3.8, 4) is 0 Å². The number of aliphatic hydroxyl groups is 1. The standard InChI is InChI=1S/C13H18F3NOS/c1-8(2)9-3-5-12(18,6-4-9)10-7-17-11(19-10)13(14,15)16/h7-9,18H,3-6H2,1-2H3. The maximum absolute atomic E-state index is 12.5. The van der Waals surface area contributed by atoms with Gasteiger partial charge in [0.1, 0.15) is 5.60 Å². The lowest BCUT2D eigenvalue weighted by Gasteiger charge is -2.36. The van der Waals surface area contributed by atoms with Gasteiger partial charge in [-0.25, -0.2) is 4.98 Å². The maximum Gasteiger partial charge on any atom is 0.443 e. The summed E-state index contributed by atoms with van der Waals surface area (Å²) >= 11 is 0.569. The van der Waals surface area contributed by atoms with Crippen LogP contribution in [0.1, 0.15) is 49.4 Å². The second kappa shape index (κ2) is 5.05. The number of halogens is 3. The Bertz CT molecular complexity index is 433. The molecule has 1 N–H and O–H groups in total. The largest absolute Gasteiger partial charge is 0.443 e. The lowest BCUT2D eigenvalue weighted by molar-refractivity contribution is -0.137. The first-order valence-electron chi connectivity index (χ1n) is 6.48. The quantitative estimate of drug-likeness (QED) is 0.886. The molecule has 0 aromatic carbocycles. The summed E-state index contributed by atoms with van der Waals surface area (Å²) in [6, 6.07) is 0. The third kappa shape index (κ3) is 3.11. The Labute approximate surface area is 114 Å². The van der Waals surface area contributed by atoms with Crippen LogP contribution in [0.4, 0.5) is 13.2 Å². The minimum Gasteiger partial charge on any atom is -0.384 e. The van der Waals surface area contributed by atoms with Gasteiger partial charge in [-0.15, -0.1) is 11.3 Å². The zero-order chi connectivity index (χ0) is 14.3. The Morgan fingerprint density at radius 2 is 1.95 bits per heavy atom. The van der Waals surface area contributed by atoms with E-state index >= 15 is 0 Å². The van der Waals surface area contributed by atoms with Gasteiger partial charge in [-0.05, 0) is 37.5 Å². The van der Waals surface area contributed by atoms with E-state index in [1.54, 1.807) is 0 Å². The highest BCUT2D eigenvalue weighted by molar-refractivity contribution is 7.11. The Morgan fingerprint density at radius 1 is 1.37 bits per heavy atom. The molecular formula is C13H18F3NOS. The Kier molecular flexibility index (Phi) is 3.93. The molecule has 0 amide bonds. The first-order chi connectivity index (χ1) is 8.72. The molecule has 1 aromatic rings. The van der Waals surface area contributed by atoms with Gasteiger partial charge in [0.15, 0.2) is 5.01 Å². The Hall–Kier alpha value is -0.620. The Balaban J connectivity index is 2.12. The second-order valence-corrected chi connectivity index (χ2v) is 6.67. The molecule has 0 radical (unpaired) electrons. The average Bonchev–Trinajstić information content (AvgIpc) is 2.79. The molecule has 19 heavy (non-hydrogen) atoms. The topological polar surface area (TPSA) is 33.1 Å². The SMILES string of the molecule is CC(C)C1CCC(O)(c2cnc(C(F)(F)F)s2)CC1. The van der Waals surface area contributed by atoms with E-state index in [0.717, 1.165) is 12.8 Å². The summed E-state index contributed by atoms with van der Waals surface area (Å²) in [6.07, 6.45) is -0.483. The minimum absolute atomic E-state index is 0.349. The van der Waals surface area contributed by atoms with Crippen LogP contribution in [0.5, 0.6) is 0 Å². The van der Waals surface area contributed by atoms with Crippen LogP contribution in [0.25, 0.3) is 0 Å². The molecule has 2 rings (SSSR count). The summed E-state index contributed by atoms with van der Waals surface area (Å²) in [6.45, 7) is 4.28. The van der Waals surface area contributed by atoms with Crippen LogP contribution in [0, 0.1) is 11.8 Å². The van der Waals surface area contributed by atoms with Crippen molar-refractivity contribution in [2.45, 2.75) is 51.3 Å². The molecule has 6 heteroatoms. The van der Waals surface area contributed by atoms with E-state index in [4.69, 9.17) is 0 Å². The van der Waals surface area contributed by atoms with Gasteiger partial charge in [-0.2, -0.15) is 13.2 Å². The number of hydrogen-bond acceptors (Lipinski definition) is 3. The van der Waals surface area contributed by atoms with Gasteiger partial charge in [0, 0.05) is 6.20 Å². The van der Waals surface area contributed by atoms with Gasteiger partial charge in [0.25, 0.3) is 0 Å². The van der Waals surface area contributed by atoms with Crippen molar-refractivity contribution in [1.82, 2.24) is 4.98 Å². The van der Waals surface area contributed by atoms with Crippen LogP contribution in [0.2, 0.25) is 0 Å². The number of thiazole rings is 1. The summed E-state index contributed by atoms with van der Waals surface area (Å²) in [7, 11) is 0. The molecule has 0 bridgehead atoms. The van der Waals surface area contributed by atoms with Crippen LogP contribution < -0.4 is 0 Å². The third-order valence-corrected chi connectivity index (χ3v) is 5.24. The van der Waals surface area contributed by atoms with Crippen LogP contribution >= 0.6 is 11.3 Å². The predicted molar refractivity (Wildman–Crippen MR) is 67.8 cm³/mol. The first-order valence-corrected chi connectivity index (χ1v) is 7.30. The summed E-state index contributed by atoms with van der Waals surface area (Å²) < 4.78 is 37.6. The van der Waals surface area contributed by atoms with Gasteiger partial charge in [0.05, 0.1) is 4.88 Å². The smallest absolute Gasteiger partial charge is 0.384 e. The van der Waals surface area contributed by atoms with Crippen LogP contribution in [0.15, 0.2) is 6.20 Å². The van der Waals surface area contributed by atoms with Crippen molar-refractivity contribution >= 4 is 11.3 Å². The molecule has 2 nitrogen and oxygen atoms in total. The lowest BCUT2D eigenvalue weighted by Crippen LogP contribution is -2.32. The van der Waals surface area contributed by atoms with Crippen LogP contribution in [0.3, 0.4) is 0 Å². The molecule has 1 aliphatic rings. The van der Waals surface area contributed by atoms with Crippen molar-refractivity contribution in [3.63, 3.8) is 0 Å². The van der Waals surface area contributed by atoms with E-state index in [9.17, 15) is 18.3 Å². The molecule has 0 atom stereocenters. The summed E-state index contributed by atoms with van der Waals surface area (Å²) in [5, 5.41) is 9.65. The molecule has 0 unspecified atom stereocenters. The molecule has 1 fully saturated rings. The molecule has 1 aliphatic carbocycles. The monoisotopic (exact) mass is 293 g/mol. The van der Waals surface area contributed by atoms with E-state index in [2.05, 4.69) is 18.8 Å². The van der Waals surface area contributed by atoms with Crippen molar-refractivity contribution < 1.29 is 18.3 Å². The van der Waals surface area contributed by atoms with Gasteiger partial charge in [-0.3, -0.25) is 0 Å². The molecule has 1 aromatic heterocycles.